The average Bonchev–Trinajstić information content (AvgIpc) is 2.19. The fraction of sp³-hybridized carbons (Fsp3) is 0.250. The van der Waals surface area contributed by atoms with Crippen LogP contribution in [0, 0.1) is 0 Å². The Labute approximate surface area is 84.6 Å². The third-order valence-corrected chi connectivity index (χ3v) is 2.01. The molecular weight excluding hydrogens is 174 g/mol. The van der Waals surface area contributed by atoms with Crippen molar-refractivity contribution in [3.8, 4) is 0 Å². The van der Waals surface area contributed by atoms with Crippen LogP contribution in [-0.4, -0.2) is 5.91 Å². The van der Waals surface area contributed by atoms with E-state index in [9.17, 15) is 4.79 Å². The maximum absolute atomic E-state index is 11.2. The van der Waals surface area contributed by atoms with E-state index in [2.05, 4.69) is 11.9 Å². The Bertz CT molecular complexity index is 305. The summed E-state index contributed by atoms with van der Waals surface area (Å²) in [7, 11) is 0. The summed E-state index contributed by atoms with van der Waals surface area (Å²) in [5.74, 6) is 0.0105. The van der Waals surface area contributed by atoms with Gasteiger partial charge in [-0.2, -0.15) is 0 Å². The van der Waals surface area contributed by atoms with Gasteiger partial charge >= 0.3 is 0 Å². The van der Waals surface area contributed by atoms with Gasteiger partial charge in [0.2, 0.25) is 5.91 Å². The van der Waals surface area contributed by atoms with E-state index in [1.54, 1.807) is 6.08 Å². The number of carbonyl (C=O) groups is 1. The Morgan fingerprint density at radius 1 is 1.50 bits per heavy atom. The zero-order valence-corrected chi connectivity index (χ0v) is 8.36. The zero-order valence-electron chi connectivity index (χ0n) is 8.36. The summed E-state index contributed by atoms with van der Waals surface area (Å²) in [5, 5.41) is 2.89. The second kappa shape index (κ2) is 5.22. The minimum atomic E-state index is 0.0105. The van der Waals surface area contributed by atoms with Crippen LogP contribution in [0.4, 0.5) is 0 Å². The lowest BCUT2D eigenvalue weighted by Gasteiger charge is -2.13. The second-order valence-electron chi connectivity index (χ2n) is 3.19. The molecule has 0 aliphatic carbocycles. The van der Waals surface area contributed by atoms with Gasteiger partial charge < -0.3 is 5.32 Å². The first kappa shape index (κ1) is 10.5. The molecule has 0 saturated carbocycles. The fourth-order valence-electron chi connectivity index (χ4n) is 1.26. The Morgan fingerprint density at radius 3 is 2.71 bits per heavy atom. The van der Waals surface area contributed by atoms with Crippen molar-refractivity contribution >= 4 is 5.91 Å². The number of nitrogens with one attached hydrogen (secondary N) is 1. The third kappa shape index (κ3) is 3.05. The van der Waals surface area contributed by atoms with Crippen molar-refractivity contribution in [2.24, 2.45) is 0 Å². The molecule has 0 bridgehead atoms. The van der Waals surface area contributed by atoms with Crippen molar-refractivity contribution in [3.63, 3.8) is 0 Å². The van der Waals surface area contributed by atoms with E-state index in [1.165, 1.54) is 0 Å². The van der Waals surface area contributed by atoms with E-state index in [-0.39, 0.29) is 11.9 Å². The molecule has 1 aromatic carbocycles. The van der Waals surface area contributed by atoms with Gasteiger partial charge in [0.05, 0.1) is 6.04 Å². The van der Waals surface area contributed by atoms with Gasteiger partial charge in [0.25, 0.3) is 0 Å². The number of amides is 1. The molecule has 0 heterocycles. The number of carbonyl (C=O) groups excluding carboxylic acids is 1. The third-order valence-electron chi connectivity index (χ3n) is 2.01. The molecule has 2 nitrogen and oxygen atoms in total. The van der Waals surface area contributed by atoms with E-state index in [0.717, 1.165) is 5.56 Å². The Balaban J connectivity index is 2.54. The van der Waals surface area contributed by atoms with Gasteiger partial charge in [0.15, 0.2) is 0 Å². The number of rotatable bonds is 4. The summed E-state index contributed by atoms with van der Waals surface area (Å²) < 4.78 is 0. The Kier molecular flexibility index (Phi) is 3.92. The van der Waals surface area contributed by atoms with Crippen molar-refractivity contribution in [2.75, 3.05) is 0 Å². The SMILES string of the molecule is C=CCC(=O)NC(C)c1ccccc1. The van der Waals surface area contributed by atoms with E-state index in [1.807, 2.05) is 37.3 Å². The number of benzene rings is 1. The lowest BCUT2D eigenvalue weighted by Crippen LogP contribution is -2.25. The smallest absolute Gasteiger partial charge is 0.224 e. The number of hydrogen-bond donors (Lipinski definition) is 1. The fourth-order valence-corrected chi connectivity index (χ4v) is 1.26. The molecule has 1 N–H and O–H groups in total. The molecule has 0 aliphatic heterocycles. The molecule has 14 heavy (non-hydrogen) atoms. The van der Waals surface area contributed by atoms with Crippen LogP contribution in [0.1, 0.15) is 24.9 Å². The lowest BCUT2D eigenvalue weighted by molar-refractivity contribution is -0.120. The van der Waals surface area contributed by atoms with Gasteiger partial charge in [-0.25, -0.2) is 0 Å². The van der Waals surface area contributed by atoms with Crippen LogP contribution in [-0.2, 0) is 4.79 Å². The van der Waals surface area contributed by atoms with E-state index < -0.39 is 0 Å². The van der Waals surface area contributed by atoms with Gasteiger partial charge in [0, 0.05) is 6.42 Å². The summed E-state index contributed by atoms with van der Waals surface area (Å²) in [5.41, 5.74) is 1.12. The highest BCUT2D eigenvalue weighted by Crippen LogP contribution is 2.10. The highest BCUT2D eigenvalue weighted by Gasteiger charge is 2.06. The predicted molar refractivity (Wildman–Crippen MR) is 57.8 cm³/mol. The maximum Gasteiger partial charge on any atom is 0.224 e. The zero-order chi connectivity index (χ0) is 10.4. The van der Waals surface area contributed by atoms with Crippen molar-refractivity contribution in [1.82, 2.24) is 5.32 Å². The molecule has 2 heteroatoms. The van der Waals surface area contributed by atoms with Crippen LogP contribution in [0.3, 0.4) is 0 Å². The van der Waals surface area contributed by atoms with Crippen molar-refractivity contribution in [1.29, 1.82) is 0 Å². The molecule has 1 rings (SSSR count). The molecule has 74 valence electrons. The molecule has 0 aromatic heterocycles. The molecule has 0 spiro atoms. The normalized spacial score (nSPS) is 11.8. The Morgan fingerprint density at radius 2 is 2.14 bits per heavy atom. The van der Waals surface area contributed by atoms with Crippen molar-refractivity contribution in [2.45, 2.75) is 19.4 Å². The van der Waals surface area contributed by atoms with Gasteiger partial charge in [-0.3, -0.25) is 4.79 Å². The molecule has 1 unspecified atom stereocenters. The maximum atomic E-state index is 11.2. The minimum absolute atomic E-state index is 0.0105. The largest absolute Gasteiger partial charge is 0.349 e. The summed E-state index contributed by atoms with van der Waals surface area (Å²) in [6.07, 6.45) is 1.98. The average molecular weight is 189 g/mol. The molecule has 0 radical (unpaired) electrons. The first-order valence-electron chi connectivity index (χ1n) is 4.69. The first-order chi connectivity index (χ1) is 6.74. The molecule has 0 fully saturated rings. The molecule has 0 saturated heterocycles. The second-order valence-corrected chi connectivity index (χ2v) is 3.19. The topological polar surface area (TPSA) is 29.1 Å². The van der Waals surface area contributed by atoms with Gasteiger partial charge in [-0.05, 0) is 12.5 Å². The van der Waals surface area contributed by atoms with Crippen LogP contribution in [0.2, 0.25) is 0 Å². The van der Waals surface area contributed by atoms with E-state index in [0.29, 0.717) is 6.42 Å². The highest BCUT2D eigenvalue weighted by molar-refractivity contribution is 5.77. The molecule has 1 aromatic rings. The van der Waals surface area contributed by atoms with E-state index >= 15 is 0 Å². The monoisotopic (exact) mass is 189 g/mol. The lowest BCUT2D eigenvalue weighted by atomic mass is 10.1. The van der Waals surface area contributed by atoms with Gasteiger partial charge in [0.1, 0.15) is 0 Å². The minimum Gasteiger partial charge on any atom is -0.349 e. The van der Waals surface area contributed by atoms with Crippen molar-refractivity contribution < 1.29 is 4.79 Å². The molecule has 1 amide bonds. The highest BCUT2D eigenvalue weighted by atomic mass is 16.1. The van der Waals surface area contributed by atoms with Crippen molar-refractivity contribution in [3.05, 3.63) is 48.6 Å². The summed E-state index contributed by atoms with van der Waals surface area (Å²) >= 11 is 0. The number of hydrogen-bond acceptors (Lipinski definition) is 1. The van der Waals surface area contributed by atoms with Crippen LogP contribution in [0.25, 0.3) is 0 Å². The standard InChI is InChI=1S/C12H15NO/c1-3-7-12(14)13-10(2)11-8-5-4-6-9-11/h3-6,8-10H,1,7H2,2H3,(H,13,14). The van der Waals surface area contributed by atoms with Crippen LogP contribution >= 0.6 is 0 Å². The predicted octanol–water partition coefficient (Wildman–Crippen LogP) is 2.44. The van der Waals surface area contributed by atoms with Crippen LogP contribution in [0.15, 0.2) is 43.0 Å². The molecular formula is C12H15NO. The quantitative estimate of drug-likeness (QED) is 0.724. The van der Waals surface area contributed by atoms with Gasteiger partial charge in [-0.15, -0.1) is 6.58 Å². The molecule has 0 aliphatic rings. The summed E-state index contributed by atoms with van der Waals surface area (Å²) in [6.45, 7) is 5.49. The first-order valence-corrected chi connectivity index (χ1v) is 4.69. The molecule has 1 atom stereocenters. The summed E-state index contributed by atoms with van der Waals surface area (Å²) in [6, 6.07) is 9.94. The summed E-state index contributed by atoms with van der Waals surface area (Å²) in [4.78, 5) is 11.2. The van der Waals surface area contributed by atoms with Crippen LogP contribution < -0.4 is 5.32 Å². The van der Waals surface area contributed by atoms with Gasteiger partial charge in [-0.1, -0.05) is 36.4 Å². The van der Waals surface area contributed by atoms with Crippen LogP contribution in [0.5, 0.6) is 0 Å². The van der Waals surface area contributed by atoms with E-state index in [4.69, 9.17) is 0 Å². The Hall–Kier alpha value is -1.57.